The molecule has 110 valence electrons. The number of nitro benzene ring substituents is 1. The molecule has 8 heteroatoms. The van der Waals surface area contributed by atoms with Crippen LogP contribution in [0.2, 0.25) is 0 Å². The average Bonchev–Trinajstić information content (AvgIpc) is 2.41. The topological polar surface area (TPSA) is 89.3 Å². The van der Waals surface area contributed by atoms with Crippen molar-refractivity contribution in [2.75, 3.05) is 4.72 Å². The molecule has 1 N–H and O–H groups in total. The smallest absolute Gasteiger partial charge is 0.273 e. The van der Waals surface area contributed by atoms with Gasteiger partial charge in [0.2, 0.25) is 0 Å². The number of para-hydroxylation sites is 2. The number of hydrogen-bond acceptors (Lipinski definition) is 4. The Hall–Kier alpha value is -1.93. The van der Waals surface area contributed by atoms with Crippen LogP contribution in [-0.4, -0.2) is 13.3 Å². The summed E-state index contributed by atoms with van der Waals surface area (Å²) in [5.41, 5.74) is 0.180. The summed E-state index contributed by atoms with van der Waals surface area (Å²) in [5.74, 6) is 0. The number of nitrogens with one attached hydrogen (secondary N) is 1. The maximum absolute atomic E-state index is 12.4. The maximum atomic E-state index is 12.4. The largest absolute Gasteiger partial charge is 0.293 e. The van der Waals surface area contributed by atoms with Crippen LogP contribution in [0.3, 0.4) is 0 Å². The zero-order chi connectivity index (χ0) is 15.6. The van der Waals surface area contributed by atoms with Crippen molar-refractivity contribution in [2.24, 2.45) is 0 Å². The molecule has 0 aromatic heterocycles. The van der Waals surface area contributed by atoms with Gasteiger partial charge < -0.3 is 0 Å². The number of nitro groups is 1. The highest BCUT2D eigenvalue weighted by Crippen LogP contribution is 2.28. The third kappa shape index (κ3) is 3.40. The molecule has 2 rings (SSSR count). The summed E-state index contributed by atoms with van der Waals surface area (Å²) >= 11 is 3.21. The van der Waals surface area contributed by atoms with Crippen molar-refractivity contribution in [2.45, 2.75) is 11.8 Å². The molecule has 2 aromatic carbocycles. The van der Waals surface area contributed by atoms with Gasteiger partial charge in [-0.25, -0.2) is 8.42 Å². The van der Waals surface area contributed by atoms with E-state index in [9.17, 15) is 18.5 Å². The molecule has 2 aromatic rings. The van der Waals surface area contributed by atoms with Gasteiger partial charge in [0.15, 0.2) is 0 Å². The number of anilines is 1. The molecule has 0 saturated heterocycles. The summed E-state index contributed by atoms with van der Waals surface area (Å²) in [6.07, 6.45) is 0. The third-order valence-electron chi connectivity index (χ3n) is 2.78. The van der Waals surface area contributed by atoms with Gasteiger partial charge in [-0.15, -0.1) is 0 Å². The lowest BCUT2D eigenvalue weighted by molar-refractivity contribution is -0.383. The summed E-state index contributed by atoms with van der Waals surface area (Å²) in [4.78, 5) is 10.4. The summed E-state index contributed by atoms with van der Waals surface area (Å²) < 4.78 is 27.7. The van der Waals surface area contributed by atoms with Crippen LogP contribution in [0.15, 0.2) is 51.8 Å². The Labute approximate surface area is 130 Å². The minimum atomic E-state index is -3.91. The van der Waals surface area contributed by atoms with E-state index >= 15 is 0 Å². The number of sulfonamides is 1. The first-order valence-electron chi connectivity index (χ1n) is 5.83. The molecule has 0 amide bonds. The van der Waals surface area contributed by atoms with Gasteiger partial charge in [0.05, 0.1) is 9.82 Å². The van der Waals surface area contributed by atoms with Gasteiger partial charge in [-0.2, -0.15) is 0 Å². The molecule has 0 heterocycles. The van der Waals surface area contributed by atoms with E-state index in [1.54, 1.807) is 19.1 Å². The highest BCUT2D eigenvalue weighted by atomic mass is 79.9. The Bertz CT molecular complexity index is 806. The van der Waals surface area contributed by atoms with Crippen LogP contribution in [0.4, 0.5) is 11.4 Å². The Morgan fingerprint density at radius 2 is 1.86 bits per heavy atom. The number of rotatable bonds is 4. The Morgan fingerprint density at radius 1 is 1.19 bits per heavy atom. The fraction of sp³-hybridized carbons (Fsp3) is 0.0769. The fourth-order valence-corrected chi connectivity index (χ4v) is 3.64. The van der Waals surface area contributed by atoms with Crippen LogP contribution in [-0.2, 0) is 10.0 Å². The number of aryl methyl sites for hydroxylation is 1. The number of nitrogens with zero attached hydrogens (tertiary/aromatic N) is 1. The second kappa shape index (κ2) is 5.82. The second-order valence-electron chi connectivity index (χ2n) is 4.29. The molecule has 6 nitrogen and oxygen atoms in total. The molecule has 0 saturated carbocycles. The van der Waals surface area contributed by atoms with Gasteiger partial charge in [-0.1, -0.05) is 34.1 Å². The SMILES string of the molecule is Cc1ccc(Br)cc1S(=O)(=O)Nc1ccccc1[N+](=O)[O-]. The van der Waals surface area contributed by atoms with Gasteiger partial charge in [0, 0.05) is 10.5 Å². The minimum absolute atomic E-state index is 0.0648. The predicted molar refractivity (Wildman–Crippen MR) is 82.8 cm³/mol. The number of halogens is 1. The molecule has 0 aliphatic carbocycles. The van der Waals surface area contributed by atoms with Crippen LogP contribution in [0.5, 0.6) is 0 Å². The highest BCUT2D eigenvalue weighted by Gasteiger charge is 2.22. The third-order valence-corrected chi connectivity index (χ3v) is 4.79. The Kier molecular flexibility index (Phi) is 4.29. The molecule has 0 aliphatic heterocycles. The molecule has 0 atom stereocenters. The number of hydrogen-bond donors (Lipinski definition) is 1. The molecular weight excluding hydrogens is 360 g/mol. The van der Waals surface area contributed by atoms with Crippen molar-refractivity contribution in [1.82, 2.24) is 0 Å². The van der Waals surface area contributed by atoms with Gasteiger partial charge >= 0.3 is 0 Å². The van der Waals surface area contributed by atoms with Gasteiger partial charge in [-0.05, 0) is 30.7 Å². The van der Waals surface area contributed by atoms with Crippen LogP contribution in [0.1, 0.15) is 5.56 Å². The van der Waals surface area contributed by atoms with Gasteiger partial charge in [0.1, 0.15) is 5.69 Å². The molecule has 21 heavy (non-hydrogen) atoms. The van der Waals surface area contributed by atoms with Crippen LogP contribution in [0.25, 0.3) is 0 Å². The van der Waals surface area contributed by atoms with Crippen LogP contribution < -0.4 is 4.72 Å². The molecule has 0 radical (unpaired) electrons. The lowest BCUT2D eigenvalue weighted by Crippen LogP contribution is -2.15. The quantitative estimate of drug-likeness (QED) is 0.658. The van der Waals surface area contributed by atoms with E-state index in [-0.39, 0.29) is 16.3 Å². The summed E-state index contributed by atoms with van der Waals surface area (Å²) in [7, 11) is -3.91. The van der Waals surface area contributed by atoms with E-state index in [0.717, 1.165) is 0 Å². The standard InChI is InChI=1S/C13H11BrN2O4S/c1-9-6-7-10(14)8-13(9)21(19,20)15-11-4-2-3-5-12(11)16(17)18/h2-8,15H,1H3. The summed E-state index contributed by atoms with van der Waals surface area (Å²) in [5, 5.41) is 10.9. The Morgan fingerprint density at radius 3 is 2.52 bits per heavy atom. The van der Waals surface area contributed by atoms with Crippen LogP contribution in [0, 0.1) is 17.0 Å². The van der Waals surface area contributed by atoms with E-state index in [4.69, 9.17) is 0 Å². The minimum Gasteiger partial charge on any atom is -0.273 e. The van der Waals surface area contributed by atoms with Crippen molar-refractivity contribution in [3.05, 3.63) is 62.6 Å². The Balaban J connectivity index is 2.48. The lowest BCUT2D eigenvalue weighted by atomic mass is 10.2. The average molecular weight is 371 g/mol. The predicted octanol–water partition coefficient (Wildman–Crippen LogP) is 3.47. The molecule has 0 bridgehead atoms. The van der Waals surface area contributed by atoms with E-state index in [1.807, 2.05) is 0 Å². The molecule has 0 aliphatic rings. The molecule has 0 unspecified atom stereocenters. The molecule has 0 spiro atoms. The van der Waals surface area contributed by atoms with E-state index in [2.05, 4.69) is 20.7 Å². The second-order valence-corrected chi connectivity index (χ2v) is 6.86. The van der Waals surface area contributed by atoms with Gasteiger partial charge in [-0.3, -0.25) is 14.8 Å². The monoisotopic (exact) mass is 370 g/mol. The fourth-order valence-electron chi connectivity index (χ4n) is 1.78. The van der Waals surface area contributed by atoms with Crippen LogP contribution >= 0.6 is 15.9 Å². The zero-order valence-electron chi connectivity index (χ0n) is 10.9. The van der Waals surface area contributed by atoms with Crippen molar-refractivity contribution in [1.29, 1.82) is 0 Å². The number of benzene rings is 2. The normalized spacial score (nSPS) is 11.1. The van der Waals surface area contributed by atoms with Gasteiger partial charge in [0.25, 0.3) is 15.7 Å². The van der Waals surface area contributed by atoms with E-state index in [1.165, 1.54) is 30.3 Å². The molecular formula is C13H11BrN2O4S. The van der Waals surface area contributed by atoms with Crippen molar-refractivity contribution in [3.63, 3.8) is 0 Å². The van der Waals surface area contributed by atoms with E-state index in [0.29, 0.717) is 10.0 Å². The lowest BCUT2D eigenvalue weighted by Gasteiger charge is -2.11. The first-order valence-corrected chi connectivity index (χ1v) is 8.11. The summed E-state index contributed by atoms with van der Waals surface area (Å²) in [6.45, 7) is 1.65. The molecule has 0 fully saturated rings. The van der Waals surface area contributed by atoms with Crippen molar-refractivity contribution < 1.29 is 13.3 Å². The first kappa shape index (κ1) is 15.5. The zero-order valence-corrected chi connectivity index (χ0v) is 13.3. The summed E-state index contributed by atoms with van der Waals surface area (Å²) in [6, 6.07) is 10.4. The maximum Gasteiger partial charge on any atom is 0.293 e. The van der Waals surface area contributed by atoms with Crippen molar-refractivity contribution in [3.8, 4) is 0 Å². The highest BCUT2D eigenvalue weighted by molar-refractivity contribution is 9.10. The first-order chi connectivity index (χ1) is 9.81. The van der Waals surface area contributed by atoms with E-state index < -0.39 is 14.9 Å². The van der Waals surface area contributed by atoms with Crippen molar-refractivity contribution >= 4 is 37.3 Å².